The minimum Gasteiger partial charge on any atom is -0.388 e. The number of nitrogens with one attached hydrogen (secondary N) is 1. The highest BCUT2D eigenvalue weighted by molar-refractivity contribution is 7.98. The maximum Gasteiger partial charge on any atom is 0.124 e. The van der Waals surface area contributed by atoms with E-state index in [1.807, 2.05) is 24.3 Å². The maximum atomic E-state index is 5.64. The molecule has 0 aliphatic heterocycles. The van der Waals surface area contributed by atoms with Gasteiger partial charge in [-0.25, -0.2) is 0 Å². The second-order valence-electron chi connectivity index (χ2n) is 3.62. The van der Waals surface area contributed by atoms with Gasteiger partial charge in [-0.3, -0.25) is 4.98 Å². The van der Waals surface area contributed by atoms with Crippen LogP contribution in [0.4, 0.5) is 11.4 Å². The summed E-state index contributed by atoms with van der Waals surface area (Å²) in [5.74, 6) is 0. The van der Waals surface area contributed by atoms with Crippen LogP contribution >= 0.6 is 24.0 Å². The van der Waals surface area contributed by atoms with Crippen LogP contribution in [0.15, 0.2) is 47.5 Å². The summed E-state index contributed by atoms with van der Waals surface area (Å²) in [7, 11) is 0. The molecule has 0 bridgehead atoms. The van der Waals surface area contributed by atoms with Crippen LogP contribution in [-0.4, -0.2) is 16.2 Å². The molecule has 0 saturated heterocycles. The summed E-state index contributed by atoms with van der Waals surface area (Å²) in [6.07, 6.45) is 3.73. The lowest BCUT2D eigenvalue weighted by molar-refractivity contribution is 1.28. The molecule has 0 unspecified atom stereocenters. The van der Waals surface area contributed by atoms with Crippen molar-refractivity contribution in [3.05, 3.63) is 48.3 Å². The van der Waals surface area contributed by atoms with E-state index in [-0.39, 0.29) is 0 Å². The second-order valence-corrected chi connectivity index (χ2v) is 4.94. The zero-order valence-electron chi connectivity index (χ0n) is 9.88. The highest BCUT2D eigenvalue weighted by Crippen LogP contribution is 2.22. The van der Waals surface area contributed by atoms with E-state index in [0.717, 1.165) is 11.4 Å². The minimum absolute atomic E-state index is 0.291. The molecule has 0 fully saturated rings. The Morgan fingerprint density at radius 3 is 2.61 bits per heavy atom. The van der Waals surface area contributed by atoms with Crippen LogP contribution in [0.1, 0.15) is 5.69 Å². The van der Waals surface area contributed by atoms with Crippen molar-refractivity contribution in [2.24, 2.45) is 5.73 Å². The first kappa shape index (κ1) is 12.9. The monoisotopic (exact) mass is 275 g/mol. The number of rotatable bonds is 4. The van der Waals surface area contributed by atoms with Crippen LogP contribution < -0.4 is 11.1 Å². The number of nitrogens with zero attached hydrogens (tertiary/aromatic N) is 1. The van der Waals surface area contributed by atoms with Crippen molar-refractivity contribution >= 4 is 40.3 Å². The predicted octanol–water partition coefficient (Wildman–Crippen LogP) is 3.18. The van der Waals surface area contributed by atoms with Gasteiger partial charge in [0.1, 0.15) is 10.7 Å². The van der Waals surface area contributed by atoms with E-state index in [4.69, 9.17) is 18.0 Å². The summed E-state index contributed by atoms with van der Waals surface area (Å²) < 4.78 is 0. The third kappa shape index (κ3) is 3.00. The topological polar surface area (TPSA) is 50.9 Å². The Balaban J connectivity index is 2.25. The van der Waals surface area contributed by atoms with Gasteiger partial charge in [0.15, 0.2) is 0 Å². The zero-order chi connectivity index (χ0) is 13.0. The number of thioether (sulfide) groups is 1. The third-order valence-corrected chi connectivity index (χ3v) is 3.35. The Morgan fingerprint density at radius 1 is 1.28 bits per heavy atom. The predicted molar refractivity (Wildman–Crippen MR) is 81.6 cm³/mol. The first-order valence-corrected chi connectivity index (χ1v) is 7.00. The van der Waals surface area contributed by atoms with Crippen molar-refractivity contribution in [1.82, 2.24) is 4.98 Å². The minimum atomic E-state index is 0.291. The summed E-state index contributed by atoms with van der Waals surface area (Å²) in [4.78, 5) is 5.69. The van der Waals surface area contributed by atoms with Crippen LogP contribution in [-0.2, 0) is 0 Å². The number of thiocarbonyl (C=S) groups is 1. The first-order valence-electron chi connectivity index (χ1n) is 5.36. The maximum absolute atomic E-state index is 5.64. The van der Waals surface area contributed by atoms with Gasteiger partial charge in [0.2, 0.25) is 0 Å². The number of nitrogens with two attached hydrogens (primary N) is 1. The number of aromatic nitrogens is 1. The summed E-state index contributed by atoms with van der Waals surface area (Å²) in [6.45, 7) is 0. The molecule has 0 atom stereocenters. The van der Waals surface area contributed by atoms with E-state index in [0.29, 0.717) is 10.7 Å². The molecule has 3 N–H and O–H groups in total. The van der Waals surface area contributed by atoms with E-state index in [1.54, 1.807) is 18.0 Å². The molecule has 2 aromatic rings. The van der Waals surface area contributed by atoms with Gasteiger partial charge in [0.05, 0.1) is 5.69 Å². The summed E-state index contributed by atoms with van der Waals surface area (Å²) in [5.41, 5.74) is 8.06. The van der Waals surface area contributed by atoms with Crippen molar-refractivity contribution < 1.29 is 0 Å². The Bertz CT molecular complexity index is 552. The number of hydrogen-bond acceptors (Lipinski definition) is 4. The van der Waals surface area contributed by atoms with E-state index in [1.165, 1.54) is 4.90 Å². The lowest BCUT2D eigenvalue weighted by Crippen LogP contribution is -2.13. The average molecular weight is 275 g/mol. The average Bonchev–Trinajstić information content (AvgIpc) is 2.40. The Morgan fingerprint density at radius 2 is 2.00 bits per heavy atom. The lowest BCUT2D eigenvalue weighted by atomic mass is 10.2. The molecule has 0 saturated carbocycles. The number of benzene rings is 1. The Labute approximate surface area is 116 Å². The molecule has 5 heteroatoms. The standard InChI is InChI=1S/C13H13N3S2/c1-18-10-6-4-9(5-7-10)16-11-3-2-8-15-12(11)13(14)17/h2-8,16H,1H3,(H2,14,17). The zero-order valence-corrected chi connectivity index (χ0v) is 11.5. The molecule has 0 aliphatic carbocycles. The highest BCUT2D eigenvalue weighted by Gasteiger charge is 2.05. The van der Waals surface area contributed by atoms with Crippen LogP contribution in [0, 0.1) is 0 Å². The normalized spacial score (nSPS) is 10.1. The molecule has 1 heterocycles. The Kier molecular flexibility index (Phi) is 4.17. The highest BCUT2D eigenvalue weighted by atomic mass is 32.2. The van der Waals surface area contributed by atoms with E-state index in [9.17, 15) is 0 Å². The van der Waals surface area contributed by atoms with Gasteiger partial charge in [-0.05, 0) is 42.7 Å². The third-order valence-electron chi connectivity index (χ3n) is 2.41. The summed E-state index contributed by atoms with van der Waals surface area (Å²) in [5, 5.41) is 3.27. The smallest absolute Gasteiger partial charge is 0.124 e. The van der Waals surface area contributed by atoms with Crippen LogP contribution in [0.5, 0.6) is 0 Å². The van der Waals surface area contributed by atoms with E-state index in [2.05, 4.69) is 28.7 Å². The van der Waals surface area contributed by atoms with Crippen molar-refractivity contribution in [3.8, 4) is 0 Å². The summed E-state index contributed by atoms with van der Waals surface area (Å²) >= 11 is 6.69. The fraction of sp³-hybridized carbons (Fsp3) is 0.0769. The quantitative estimate of drug-likeness (QED) is 0.663. The fourth-order valence-electron chi connectivity index (χ4n) is 1.53. The lowest BCUT2D eigenvalue weighted by Gasteiger charge is -2.10. The molecule has 92 valence electrons. The van der Waals surface area contributed by atoms with Gasteiger partial charge < -0.3 is 11.1 Å². The molecule has 3 nitrogen and oxygen atoms in total. The Hall–Kier alpha value is -1.59. The number of hydrogen-bond donors (Lipinski definition) is 2. The van der Waals surface area contributed by atoms with Crippen molar-refractivity contribution in [3.63, 3.8) is 0 Å². The van der Waals surface area contributed by atoms with Crippen molar-refractivity contribution in [2.75, 3.05) is 11.6 Å². The van der Waals surface area contributed by atoms with Crippen molar-refractivity contribution in [2.45, 2.75) is 4.90 Å². The SMILES string of the molecule is CSc1ccc(Nc2cccnc2C(N)=S)cc1. The molecular formula is C13H13N3S2. The summed E-state index contributed by atoms with van der Waals surface area (Å²) in [6, 6.07) is 11.9. The van der Waals surface area contributed by atoms with Crippen LogP contribution in [0.25, 0.3) is 0 Å². The van der Waals surface area contributed by atoms with Crippen molar-refractivity contribution in [1.29, 1.82) is 0 Å². The molecule has 0 spiro atoms. The largest absolute Gasteiger partial charge is 0.388 e. The number of pyridine rings is 1. The molecular weight excluding hydrogens is 262 g/mol. The molecule has 1 aromatic carbocycles. The van der Waals surface area contributed by atoms with Gasteiger partial charge in [0.25, 0.3) is 0 Å². The van der Waals surface area contributed by atoms with Gasteiger partial charge in [-0.1, -0.05) is 12.2 Å². The molecule has 18 heavy (non-hydrogen) atoms. The first-order chi connectivity index (χ1) is 8.70. The van der Waals surface area contributed by atoms with Gasteiger partial charge in [0, 0.05) is 16.8 Å². The number of anilines is 2. The van der Waals surface area contributed by atoms with E-state index < -0.39 is 0 Å². The van der Waals surface area contributed by atoms with Crippen LogP contribution in [0.2, 0.25) is 0 Å². The van der Waals surface area contributed by atoms with Gasteiger partial charge >= 0.3 is 0 Å². The van der Waals surface area contributed by atoms with Gasteiger partial charge in [-0.15, -0.1) is 11.8 Å². The molecule has 0 radical (unpaired) electrons. The van der Waals surface area contributed by atoms with Gasteiger partial charge in [-0.2, -0.15) is 0 Å². The second kappa shape index (κ2) is 5.84. The molecule has 0 aliphatic rings. The molecule has 2 rings (SSSR count). The van der Waals surface area contributed by atoms with Crippen LogP contribution in [0.3, 0.4) is 0 Å². The van der Waals surface area contributed by atoms with E-state index >= 15 is 0 Å². The fourth-order valence-corrected chi connectivity index (χ4v) is 2.10. The molecule has 0 amide bonds. The molecule has 1 aromatic heterocycles.